The molecule has 0 spiro atoms. The fourth-order valence-corrected chi connectivity index (χ4v) is 4.72. The van der Waals surface area contributed by atoms with Gasteiger partial charge in [0.15, 0.2) is 17.7 Å². The maximum Gasteiger partial charge on any atom is 0.421 e. The van der Waals surface area contributed by atoms with Gasteiger partial charge in [0.2, 0.25) is 0 Å². The van der Waals surface area contributed by atoms with Gasteiger partial charge in [-0.15, -0.1) is 0 Å². The number of nitrogens with one attached hydrogen (secondary N) is 2. The van der Waals surface area contributed by atoms with Crippen LogP contribution in [0.3, 0.4) is 0 Å². The van der Waals surface area contributed by atoms with Gasteiger partial charge in [-0.1, -0.05) is 23.7 Å². The Hall–Kier alpha value is -3.08. The van der Waals surface area contributed by atoms with Gasteiger partial charge in [-0.2, -0.15) is 13.1 Å². The largest absolute Gasteiger partial charge is 0.449 e. The van der Waals surface area contributed by atoms with Crippen LogP contribution in [0.15, 0.2) is 36.9 Å². The van der Waals surface area contributed by atoms with Crippen LogP contribution in [0.1, 0.15) is 24.6 Å². The first-order chi connectivity index (χ1) is 17.6. The van der Waals surface area contributed by atoms with Crippen molar-refractivity contribution in [2.45, 2.75) is 43.8 Å². The minimum absolute atomic E-state index is 0.00444. The number of nitrogen functional groups attached to an aromatic ring is 1. The molecule has 200 valence electrons. The predicted octanol–water partition coefficient (Wildman–Crippen LogP) is 0.265. The summed E-state index contributed by atoms with van der Waals surface area (Å²) in [7, 11) is -4.22. The molecule has 0 unspecified atom stereocenters. The average Bonchev–Trinajstić information content (AvgIpc) is 3.40. The molecule has 1 amide bonds. The van der Waals surface area contributed by atoms with Crippen molar-refractivity contribution in [2.75, 3.05) is 18.9 Å². The van der Waals surface area contributed by atoms with Crippen LogP contribution in [-0.4, -0.2) is 75.7 Å². The van der Waals surface area contributed by atoms with E-state index in [0.29, 0.717) is 29.0 Å². The second kappa shape index (κ2) is 11.5. The number of benzene rings is 1. The summed E-state index contributed by atoms with van der Waals surface area (Å²) in [5.74, 6) is 0.148. The minimum Gasteiger partial charge on any atom is -0.449 e. The van der Waals surface area contributed by atoms with Crippen molar-refractivity contribution in [3.63, 3.8) is 0 Å². The molecule has 16 heteroatoms. The molecule has 1 saturated heterocycles. The molecule has 0 radical (unpaired) electrons. The lowest BCUT2D eigenvalue weighted by molar-refractivity contribution is -0.0363. The Morgan fingerprint density at radius 2 is 1.95 bits per heavy atom. The van der Waals surface area contributed by atoms with Crippen molar-refractivity contribution in [3.8, 4) is 0 Å². The zero-order chi connectivity index (χ0) is 26.6. The molecule has 2 aromatic heterocycles. The number of aliphatic hydroxyl groups is 2. The number of anilines is 1. The van der Waals surface area contributed by atoms with Crippen LogP contribution in [0.4, 0.5) is 10.6 Å². The summed E-state index contributed by atoms with van der Waals surface area (Å²) in [4.78, 5) is 23.9. The van der Waals surface area contributed by atoms with Gasteiger partial charge in [-0.05, 0) is 37.0 Å². The van der Waals surface area contributed by atoms with E-state index in [-0.39, 0.29) is 25.4 Å². The Morgan fingerprint density at radius 1 is 1.19 bits per heavy atom. The number of aliphatic hydroxyl groups excluding tert-OH is 2. The highest BCUT2D eigenvalue weighted by Crippen LogP contribution is 2.33. The van der Waals surface area contributed by atoms with Gasteiger partial charge in [-0.25, -0.2) is 24.5 Å². The maximum atomic E-state index is 12.1. The topological polar surface area (TPSA) is 204 Å². The normalized spacial score (nSPS) is 21.8. The smallest absolute Gasteiger partial charge is 0.421 e. The molecular weight excluding hydrogens is 530 g/mol. The second-order valence-electron chi connectivity index (χ2n) is 8.28. The van der Waals surface area contributed by atoms with E-state index >= 15 is 0 Å². The summed E-state index contributed by atoms with van der Waals surface area (Å²) in [6.07, 6.45) is -2.02. The highest BCUT2D eigenvalue weighted by molar-refractivity contribution is 7.88. The number of hydrogen-bond donors (Lipinski definition) is 5. The summed E-state index contributed by atoms with van der Waals surface area (Å²) in [5, 5.41) is 21.5. The van der Waals surface area contributed by atoms with Gasteiger partial charge < -0.3 is 25.4 Å². The lowest BCUT2D eigenvalue weighted by atomic mass is 10.1. The first kappa shape index (κ1) is 27.0. The number of amides is 1. The van der Waals surface area contributed by atoms with Crippen LogP contribution < -0.4 is 15.2 Å². The number of aryl methyl sites for hydroxylation is 1. The van der Waals surface area contributed by atoms with Crippen LogP contribution in [0, 0.1) is 0 Å². The third-order valence-electron chi connectivity index (χ3n) is 5.69. The fourth-order valence-electron chi connectivity index (χ4n) is 3.86. The Morgan fingerprint density at radius 3 is 2.70 bits per heavy atom. The van der Waals surface area contributed by atoms with E-state index in [2.05, 4.69) is 19.7 Å². The lowest BCUT2D eigenvalue weighted by Gasteiger charge is -2.16. The van der Waals surface area contributed by atoms with Crippen molar-refractivity contribution < 1.29 is 32.9 Å². The number of carbonyl (C=O) groups is 1. The number of imidazole rings is 1. The molecule has 4 rings (SSSR count). The highest BCUT2D eigenvalue weighted by Gasteiger charge is 2.44. The van der Waals surface area contributed by atoms with E-state index in [1.54, 1.807) is 16.9 Å². The van der Waals surface area contributed by atoms with Crippen molar-refractivity contribution >= 4 is 44.9 Å². The monoisotopic (exact) mass is 555 g/mol. The summed E-state index contributed by atoms with van der Waals surface area (Å²) < 4.78 is 40.3. The number of hydrogen-bond acceptors (Lipinski definition) is 11. The third-order valence-corrected chi connectivity index (χ3v) is 6.96. The Bertz CT molecular complexity index is 1340. The van der Waals surface area contributed by atoms with Crippen LogP contribution >= 0.6 is 11.6 Å². The fraction of sp³-hybridized carbons (Fsp3) is 0.429. The van der Waals surface area contributed by atoms with Crippen molar-refractivity contribution in [2.24, 2.45) is 0 Å². The Kier molecular flexibility index (Phi) is 8.41. The van der Waals surface area contributed by atoms with Gasteiger partial charge >= 0.3 is 16.3 Å². The zero-order valence-electron chi connectivity index (χ0n) is 19.4. The Balaban J connectivity index is 1.21. The number of fused-ring (bicyclic) bond motifs is 1. The van der Waals surface area contributed by atoms with Gasteiger partial charge in [0.1, 0.15) is 24.1 Å². The number of carbonyl (C=O) groups excluding carboxylic acids is 1. The van der Waals surface area contributed by atoms with E-state index in [0.717, 1.165) is 5.56 Å². The molecule has 3 heterocycles. The van der Waals surface area contributed by atoms with Crippen molar-refractivity contribution in [1.29, 1.82) is 0 Å². The SMILES string of the molecule is Nc1ncnc2c1ncn2[C@@H]1O[C@H](CCNS(=O)(=O)NC(=O)OCCCc2ccc(Cl)cc2)[C@@H](O)[C@H]1O. The number of aromatic nitrogens is 4. The number of halogens is 1. The molecule has 3 aromatic rings. The molecule has 37 heavy (non-hydrogen) atoms. The van der Waals surface area contributed by atoms with Gasteiger partial charge in [0, 0.05) is 11.6 Å². The standard InChI is InChI=1S/C21H26ClN7O7S/c22-13-5-3-12(4-6-13)2-1-9-35-21(32)28-37(33,34)27-8-7-14-16(30)17(31)20(36-14)29-11-26-15-18(23)24-10-25-19(15)29/h3-6,10-11,14,16-17,20,27,30-31H,1-2,7-9H2,(H,28,32)(H2,23,24,25)/t14-,16-,17-,20-/m1/s1. The molecule has 1 fully saturated rings. The molecule has 1 aliphatic heterocycles. The third kappa shape index (κ3) is 6.63. The summed E-state index contributed by atoms with van der Waals surface area (Å²) in [5.41, 5.74) is 7.40. The molecular formula is C21H26ClN7O7S. The summed E-state index contributed by atoms with van der Waals surface area (Å²) in [6, 6.07) is 7.21. The predicted molar refractivity (Wildman–Crippen MR) is 131 cm³/mol. The van der Waals surface area contributed by atoms with E-state index in [9.17, 15) is 23.4 Å². The van der Waals surface area contributed by atoms with E-state index in [4.69, 9.17) is 26.8 Å². The molecule has 14 nitrogen and oxygen atoms in total. The second-order valence-corrected chi connectivity index (χ2v) is 10.2. The molecule has 0 bridgehead atoms. The van der Waals surface area contributed by atoms with E-state index < -0.39 is 40.8 Å². The average molecular weight is 556 g/mol. The Labute approximate surface area is 217 Å². The van der Waals surface area contributed by atoms with E-state index in [1.165, 1.54) is 17.2 Å². The quantitative estimate of drug-likeness (QED) is 0.215. The highest BCUT2D eigenvalue weighted by atomic mass is 35.5. The first-order valence-corrected chi connectivity index (χ1v) is 13.1. The number of nitrogens with zero attached hydrogens (tertiary/aromatic N) is 4. The number of nitrogens with two attached hydrogens (primary N) is 1. The van der Waals surface area contributed by atoms with Gasteiger partial charge in [0.25, 0.3) is 0 Å². The molecule has 1 aliphatic rings. The molecule has 0 saturated carbocycles. The molecule has 1 aromatic carbocycles. The zero-order valence-corrected chi connectivity index (χ0v) is 21.0. The van der Waals surface area contributed by atoms with Crippen LogP contribution in [-0.2, 0) is 26.1 Å². The van der Waals surface area contributed by atoms with Crippen molar-refractivity contribution in [3.05, 3.63) is 47.5 Å². The summed E-state index contributed by atoms with van der Waals surface area (Å²) >= 11 is 5.83. The summed E-state index contributed by atoms with van der Waals surface area (Å²) in [6.45, 7) is -0.176. The minimum atomic E-state index is -4.22. The number of rotatable bonds is 10. The van der Waals surface area contributed by atoms with Crippen LogP contribution in [0.5, 0.6) is 0 Å². The maximum absolute atomic E-state index is 12.1. The molecule has 0 aliphatic carbocycles. The molecule has 4 atom stereocenters. The van der Waals surface area contributed by atoms with Gasteiger partial charge in [-0.3, -0.25) is 4.57 Å². The molecule has 6 N–H and O–H groups in total. The van der Waals surface area contributed by atoms with Crippen LogP contribution in [0.2, 0.25) is 5.02 Å². The van der Waals surface area contributed by atoms with Crippen molar-refractivity contribution in [1.82, 2.24) is 29.0 Å². The van der Waals surface area contributed by atoms with Gasteiger partial charge in [0.05, 0.1) is 19.0 Å². The first-order valence-electron chi connectivity index (χ1n) is 11.3. The van der Waals surface area contributed by atoms with E-state index in [1.807, 2.05) is 12.1 Å². The number of ether oxygens (including phenoxy) is 2. The lowest BCUT2D eigenvalue weighted by Crippen LogP contribution is -2.42. The van der Waals surface area contributed by atoms with Crippen LogP contribution in [0.25, 0.3) is 11.2 Å².